The first-order valence-electron chi connectivity index (χ1n) is 5.60. The summed E-state index contributed by atoms with van der Waals surface area (Å²) in [6, 6.07) is 1.58. The number of aromatic hydroxyl groups is 1. The largest absolute Gasteiger partial charge is 0.506 e. The lowest BCUT2D eigenvalue weighted by Crippen LogP contribution is -2.23. The first kappa shape index (κ1) is 15.6. The van der Waals surface area contributed by atoms with Crippen LogP contribution in [0.15, 0.2) is 10.5 Å². The second-order valence-corrected chi connectivity index (χ2v) is 5.63. The van der Waals surface area contributed by atoms with E-state index in [1.165, 1.54) is 14.2 Å². The van der Waals surface area contributed by atoms with Crippen LogP contribution in [-0.4, -0.2) is 30.4 Å². The molecule has 0 aliphatic carbocycles. The van der Waals surface area contributed by atoms with Gasteiger partial charge in [-0.25, -0.2) is 0 Å². The molecule has 106 valence electrons. The third-order valence-electron chi connectivity index (χ3n) is 2.87. The summed E-state index contributed by atoms with van der Waals surface area (Å²) in [6.45, 7) is 3.45. The predicted molar refractivity (Wildman–Crippen MR) is 74.2 cm³/mol. The van der Waals surface area contributed by atoms with Crippen molar-refractivity contribution in [3.05, 3.63) is 16.1 Å². The van der Waals surface area contributed by atoms with Crippen LogP contribution in [0, 0.1) is 0 Å². The summed E-state index contributed by atoms with van der Waals surface area (Å²) >= 11 is 3.23. The molecule has 0 saturated heterocycles. The summed E-state index contributed by atoms with van der Waals surface area (Å²) in [4.78, 5) is 11.0. The number of hydrogen-bond donors (Lipinski definition) is 2. The molecule has 1 aromatic rings. The van der Waals surface area contributed by atoms with Crippen molar-refractivity contribution in [2.24, 2.45) is 0 Å². The highest BCUT2D eigenvalue weighted by molar-refractivity contribution is 9.10. The number of carbonyl (C=O) groups is 1. The van der Waals surface area contributed by atoms with Crippen LogP contribution in [0.2, 0.25) is 0 Å². The zero-order valence-corrected chi connectivity index (χ0v) is 12.9. The Morgan fingerprint density at radius 2 is 1.95 bits per heavy atom. The number of halogens is 1. The molecule has 0 saturated carbocycles. The Morgan fingerprint density at radius 3 is 2.37 bits per heavy atom. The molecular formula is C13H17BrO5. The second kappa shape index (κ2) is 5.69. The number of rotatable bonds is 5. The average Bonchev–Trinajstić information content (AvgIpc) is 2.29. The van der Waals surface area contributed by atoms with E-state index in [0.29, 0.717) is 21.5 Å². The summed E-state index contributed by atoms with van der Waals surface area (Å²) in [7, 11) is 2.93. The minimum absolute atomic E-state index is 0.0381. The molecule has 0 spiro atoms. The van der Waals surface area contributed by atoms with Crippen LogP contribution in [0.3, 0.4) is 0 Å². The molecule has 0 radical (unpaired) electrons. The van der Waals surface area contributed by atoms with Crippen LogP contribution < -0.4 is 9.47 Å². The van der Waals surface area contributed by atoms with Crippen molar-refractivity contribution in [3.63, 3.8) is 0 Å². The lowest BCUT2D eigenvalue weighted by atomic mass is 9.80. The van der Waals surface area contributed by atoms with Crippen molar-refractivity contribution in [1.29, 1.82) is 0 Å². The van der Waals surface area contributed by atoms with Crippen LogP contribution in [0.4, 0.5) is 0 Å². The molecule has 2 N–H and O–H groups in total. The smallest absolute Gasteiger partial charge is 0.304 e. The van der Waals surface area contributed by atoms with E-state index in [4.69, 9.17) is 14.6 Å². The Morgan fingerprint density at radius 1 is 1.37 bits per heavy atom. The summed E-state index contributed by atoms with van der Waals surface area (Å²) in [5.41, 5.74) is -0.401. The van der Waals surface area contributed by atoms with Crippen LogP contribution >= 0.6 is 15.9 Å². The Kier molecular flexibility index (Phi) is 4.68. The van der Waals surface area contributed by atoms with E-state index in [1.54, 1.807) is 19.9 Å². The molecule has 0 aromatic heterocycles. The van der Waals surface area contributed by atoms with Crippen LogP contribution in [0.5, 0.6) is 17.2 Å². The molecule has 0 unspecified atom stereocenters. The number of phenols is 1. The number of aliphatic carboxylic acids is 1. The standard InChI is InChI=1S/C13H17BrO5/c1-13(2,6-9(15)16)10-11(17)7(14)5-8(18-3)12(10)19-4/h5,17H,6H2,1-4H3,(H,15,16). The van der Waals surface area contributed by atoms with E-state index in [1.807, 2.05) is 0 Å². The second-order valence-electron chi connectivity index (χ2n) is 4.77. The topological polar surface area (TPSA) is 76.0 Å². The zero-order chi connectivity index (χ0) is 14.8. The Hall–Kier alpha value is -1.43. The predicted octanol–water partition coefficient (Wildman–Crippen LogP) is 2.92. The third-order valence-corrected chi connectivity index (χ3v) is 3.47. The van der Waals surface area contributed by atoms with E-state index in [-0.39, 0.29) is 12.2 Å². The van der Waals surface area contributed by atoms with Gasteiger partial charge in [0.1, 0.15) is 5.75 Å². The molecule has 0 bridgehead atoms. The zero-order valence-electron chi connectivity index (χ0n) is 11.3. The molecule has 0 aliphatic heterocycles. The minimum Gasteiger partial charge on any atom is -0.506 e. The average molecular weight is 333 g/mol. The van der Waals surface area contributed by atoms with E-state index in [9.17, 15) is 9.90 Å². The summed E-state index contributed by atoms with van der Waals surface area (Å²) in [5, 5.41) is 19.2. The van der Waals surface area contributed by atoms with E-state index >= 15 is 0 Å². The number of phenolic OH excluding ortho intramolecular Hbond substituents is 1. The first-order chi connectivity index (χ1) is 8.74. The number of carboxylic acid groups (broad SMARTS) is 1. The van der Waals surface area contributed by atoms with E-state index in [0.717, 1.165) is 0 Å². The summed E-state index contributed by atoms with van der Waals surface area (Å²) < 4.78 is 10.9. The van der Waals surface area contributed by atoms with Crippen LogP contribution in [0.25, 0.3) is 0 Å². The van der Waals surface area contributed by atoms with Crippen LogP contribution in [0.1, 0.15) is 25.8 Å². The maximum atomic E-state index is 11.0. The van der Waals surface area contributed by atoms with Gasteiger partial charge in [0, 0.05) is 17.0 Å². The van der Waals surface area contributed by atoms with Gasteiger partial charge in [-0.15, -0.1) is 0 Å². The van der Waals surface area contributed by atoms with Gasteiger partial charge in [0.25, 0.3) is 0 Å². The number of ether oxygens (including phenoxy) is 2. The van der Waals surface area contributed by atoms with Gasteiger partial charge in [-0.2, -0.15) is 0 Å². The maximum Gasteiger partial charge on any atom is 0.304 e. The Balaban J connectivity index is 3.55. The van der Waals surface area contributed by atoms with E-state index < -0.39 is 11.4 Å². The highest BCUT2D eigenvalue weighted by Crippen LogP contribution is 2.48. The van der Waals surface area contributed by atoms with Crippen molar-refractivity contribution in [2.75, 3.05) is 14.2 Å². The highest BCUT2D eigenvalue weighted by atomic mass is 79.9. The molecule has 1 aromatic carbocycles. The van der Waals surface area contributed by atoms with Crippen molar-refractivity contribution < 1.29 is 24.5 Å². The number of carboxylic acids is 1. The highest BCUT2D eigenvalue weighted by Gasteiger charge is 2.33. The molecule has 6 heteroatoms. The fraction of sp³-hybridized carbons (Fsp3) is 0.462. The quantitative estimate of drug-likeness (QED) is 0.866. The molecule has 19 heavy (non-hydrogen) atoms. The van der Waals surface area contributed by atoms with Gasteiger partial charge < -0.3 is 19.7 Å². The van der Waals surface area contributed by atoms with Crippen molar-refractivity contribution >= 4 is 21.9 Å². The minimum atomic E-state index is -0.953. The van der Waals surface area contributed by atoms with Gasteiger partial charge >= 0.3 is 5.97 Å². The van der Waals surface area contributed by atoms with Crippen molar-refractivity contribution in [2.45, 2.75) is 25.7 Å². The summed E-state index contributed by atoms with van der Waals surface area (Å²) in [5.74, 6) is -0.218. The molecule has 0 aliphatic rings. The van der Waals surface area contributed by atoms with Gasteiger partial charge in [-0.3, -0.25) is 4.79 Å². The number of hydrogen-bond acceptors (Lipinski definition) is 4. The molecule has 0 amide bonds. The summed E-state index contributed by atoms with van der Waals surface area (Å²) in [6.07, 6.45) is -0.142. The van der Waals surface area contributed by atoms with Crippen molar-refractivity contribution in [1.82, 2.24) is 0 Å². The normalized spacial score (nSPS) is 11.2. The number of benzene rings is 1. The van der Waals surface area contributed by atoms with Gasteiger partial charge in [-0.1, -0.05) is 13.8 Å². The third kappa shape index (κ3) is 3.12. The van der Waals surface area contributed by atoms with Gasteiger partial charge in [0.05, 0.1) is 25.1 Å². The first-order valence-corrected chi connectivity index (χ1v) is 6.39. The molecule has 1 rings (SSSR count). The van der Waals surface area contributed by atoms with Gasteiger partial charge in [0.2, 0.25) is 0 Å². The monoisotopic (exact) mass is 332 g/mol. The maximum absolute atomic E-state index is 11.0. The lowest BCUT2D eigenvalue weighted by Gasteiger charge is -2.27. The number of methoxy groups -OCH3 is 2. The van der Waals surface area contributed by atoms with Crippen molar-refractivity contribution in [3.8, 4) is 17.2 Å². The van der Waals surface area contributed by atoms with Crippen LogP contribution in [-0.2, 0) is 10.2 Å². The SMILES string of the molecule is COc1cc(Br)c(O)c(C(C)(C)CC(=O)O)c1OC. The molecule has 0 atom stereocenters. The fourth-order valence-electron chi connectivity index (χ4n) is 2.05. The Labute approximate surface area is 120 Å². The Bertz CT molecular complexity index is 496. The molecule has 0 fully saturated rings. The van der Waals surface area contributed by atoms with E-state index in [2.05, 4.69) is 15.9 Å². The molecule has 0 heterocycles. The fourth-order valence-corrected chi connectivity index (χ4v) is 2.45. The molecular weight excluding hydrogens is 316 g/mol. The van der Waals surface area contributed by atoms with Gasteiger partial charge in [-0.05, 0) is 15.9 Å². The lowest BCUT2D eigenvalue weighted by molar-refractivity contribution is -0.138. The molecule has 5 nitrogen and oxygen atoms in total. The van der Waals surface area contributed by atoms with Gasteiger partial charge in [0.15, 0.2) is 11.5 Å².